The summed E-state index contributed by atoms with van der Waals surface area (Å²) in [7, 11) is 1.60. The minimum Gasteiger partial charge on any atom is -0.383 e. The lowest BCUT2D eigenvalue weighted by Gasteiger charge is -2.18. The molecule has 2 aliphatic rings. The lowest BCUT2D eigenvalue weighted by atomic mass is 10.2. The van der Waals surface area contributed by atoms with Crippen molar-refractivity contribution in [3.63, 3.8) is 0 Å². The summed E-state index contributed by atoms with van der Waals surface area (Å²) < 4.78 is 12.7. The number of thiocarbonyl (C=S) groups is 1. The molecule has 2 aliphatic heterocycles. The highest BCUT2D eigenvalue weighted by atomic mass is 32.2. The summed E-state index contributed by atoms with van der Waals surface area (Å²) in [5.74, 6) is 0.206. The Balaban J connectivity index is 1.71. The van der Waals surface area contributed by atoms with Crippen molar-refractivity contribution in [3.8, 4) is 0 Å². The molecule has 0 radical (unpaired) electrons. The minimum atomic E-state index is -0.252. The maximum Gasteiger partial charge on any atom is 0.267 e. The van der Waals surface area contributed by atoms with Crippen LogP contribution in [-0.4, -0.2) is 64.0 Å². The number of ether oxygens (including phenoxy) is 2. The highest BCUT2D eigenvalue weighted by molar-refractivity contribution is 8.26. The first kappa shape index (κ1) is 21.9. The molecule has 31 heavy (non-hydrogen) atoms. The van der Waals surface area contributed by atoms with Gasteiger partial charge in [0.25, 0.3) is 11.5 Å². The van der Waals surface area contributed by atoms with Crippen molar-refractivity contribution in [1.29, 1.82) is 0 Å². The third-order valence-corrected chi connectivity index (χ3v) is 6.54. The Morgan fingerprint density at radius 2 is 2.26 bits per heavy atom. The third kappa shape index (κ3) is 4.67. The van der Waals surface area contributed by atoms with Crippen LogP contribution < -0.4 is 10.9 Å². The van der Waals surface area contributed by atoms with Crippen LogP contribution in [0.4, 0.5) is 5.82 Å². The van der Waals surface area contributed by atoms with Crippen LogP contribution in [0.2, 0.25) is 0 Å². The molecule has 2 aromatic rings. The molecule has 2 fully saturated rings. The van der Waals surface area contributed by atoms with E-state index in [4.69, 9.17) is 21.7 Å². The first-order chi connectivity index (χ1) is 15.0. The van der Waals surface area contributed by atoms with Gasteiger partial charge in [-0.3, -0.25) is 18.9 Å². The molecule has 4 rings (SSSR count). The molecule has 2 aromatic heterocycles. The molecule has 164 valence electrons. The standard InChI is InChI=1S/C21H24N4O4S2/c1-13-5-6-17-23-18(22-7-9-28-2)15(19(26)24(17)11-13)10-16-20(27)25(21(30)31-16)12-14-4-3-8-29-14/h5-6,10-11,14,22H,3-4,7-9,12H2,1-2H3/b16-10+/t14-/m1/s1. The molecule has 8 nitrogen and oxygen atoms in total. The topological polar surface area (TPSA) is 85.2 Å². The number of carbonyl (C=O) groups excluding carboxylic acids is 1. The van der Waals surface area contributed by atoms with Crippen LogP contribution in [0.5, 0.6) is 0 Å². The number of thioether (sulfide) groups is 1. The molecule has 0 unspecified atom stereocenters. The molecule has 10 heteroatoms. The van der Waals surface area contributed by atoms with Gasteiger partial charge in [0, 0.05) is 26.5 Å². The molecule has 0 aromatic carbocycles. The molecule has 1 atom stereocenters. The van der Waals surface area contributed by atoms with Gasteiger partial charge in [0.15, 0.2) is 0 Å². The predicted octanol–water partition coefficient (Wildman–Crippen LogP) is 2.44. The minimum absolute atomic E-state index is 0.00376. The van der Waals surface area contributed by atoms with Crippen LogP contribution >= 0.6 is 24.0 Å². The van der Waals surface area contributed by atoms with Crippen LogP contribution in [0.1, 0.15) is 24.0 Å². The van der Waals surface area contributed by atoms with E-state index in [1.807, 2.05) is 13.0 Å². The Morgan fingerprint density at radius 3 is 3.00 bits per heavy atom. The summed E-state index contributed by atoms with van der Waals surface area (Å²) in [4.78, 5) is 32.9. The van der Waals surface area contributed by atoms with Crippen molar-refractivity contribution in [3.05, 3.63) is 44.7 Å². The quantitative estimate of drug-likeness (QED) is 0.383. The van der Waals surface area contributed by atoms with E-state index in [9.17, 15) is 9.59 Å². The van der Waals surface area contributed by atoms with Crippen LogP contribution in [0, 0.1) is 6.92 Å². The molecule has 0 spiro atoms. The van der Waals surface area contributed by atoms with Gasteiger partial charge >= 0.3 is 0 Å². The number of nitrogens with zero attached hydrogens (tertiary/aromatic N) is 3. The molecule has 0 aliphatic carbocycles. The second kappa shape index (κ2) is 9.47. The van der Waals surface area contributed by atoms with Crippen molar-refractivity contribution >= 4 is 51.7 Å². The van der Waals surface area contributed by atoms with Gasteiger partial charge in [0.1, 0.15) is 15.8 Å². The number of aromatic nitrogens is 2. The van der Waals surface area contributed by atoms with Gasteiger partial charge in [-0.2, -0.15) is 0 Å². The van der Waals surface area contributed by atoms with E-state index >= 15 is 0 Å². The number of pyridine rings is 1. The van der Waals surface area contributed by atoms with Gasteiger partial charge < -0.3 is 14.8 Å². The summed E-state index contributed by atoms with van der Waals surface area (Å²) in [5.41, 5.74) is 1.53. The fraction of sp³-hybridized carbons (Fsp3) is 0.429. The monoisotopic (exact) mass is 460 g/mol. The van der Waals surface area contributed by atoms with Gasteiger partial charge in [0.2, 0.25) is 0 Å². The summed E-state index contributed by atoms with van der Waals surface area (Å²) >= 11 is 6.63. The van der Waals surface area contributed by atoms with E-state index in [0.29, 0.717) is 52.6 Å². The molecule has 2 saturated heterocycles. The van der Waals surface area contributed by atoms with E-state index in [1.165, 1.54) is 16.2 Å². The third-order valence-electron chi connectivity index (χ3n) is 5.16. The number of hydrogen-bond donors (Lipinski definition) is 1. The fourth-order valence-electron chi connectivity index (χ4n) is 3.58. The normalized spacial score (nSPS) is 20.4. The Hall–Kier alpha value is -2.27. The number of fused-ring (bicyclic) bond motifs is 1. The number of hydrogen-bond acceptors (Lipinski definition) is 8. The summed E-state index contributed by atoms with van der Waals surface area (Å²) in [6.45, 7) is 4.00. The van der Waals surface area contributed by atoms with Gasteiger partial charge in [0.05, 0.1) is 29.7 Å². The first-order valence-electron chi connectivity index (χ1n) is 10.1. The SMILES string of the molecule is COCCNc1nc2ccc(C)cn2c(=O)c1/C=C1/SC(=S)N(C[C@H]2CCCO2)C1=O. The largest absolute Gasteiger partial charge is 0.383 e. The number of anilines is 1. The lowest BCUT2D eigenvalue weighted by molar-refractivity contribution is -0.123. The molecule has 1 amide bonds. The van der Waals surface area contributed by atoms with Gasteiger partial charge in [-0.1, -0.05) is 30.0 Å². The zero-order valence-corrected chi connectivity index (χ0v) is 19.1. The van der Waals surface area contributed by atoms with Crippen molar-refractivity contribution < 1.29 is 14.3 Å². The number of methoxy groups -OCH3 is 1. The van der Waals surface area contributed by atoms with Gasteiger partial charge in [-0.15, -0.1) is 0 Å². The second-order valence-electron chi connectivity index (χ2n) is 7.46. The van der Waals surface area contributed by atoms with Crippen molar-refractivity contribution in [2.24, 2.45) is 0 Å². The molecular weight excluding hydrogens is 436 g/mol. The average Bonchev–Trinajstić information content (AvgIpc) is 3.35. The first-order valence-corrected chi connectivity index (χ1v) is 11.3. The molecule has 0 saturated carbocycles. The molecule has 0 bridgehead atoms. The zero-order valence-electron chi connectivity index (χ0n) is 17.4. The van der Waals surface area contributed by atoms with Crippen LogP contribution in [-0.2, 0) is 14.3 Å². The van der Waals surface area contributed by atoms with E-state index in [1.54, 1.807) is 30.3 Å². The highest BCUT2D eigenvalue weighted by Crippen LogP contribution is 2.34. The number of nitrogens with one attached hydrogen (secondary N) is 1. The van der Waals surface area contributed by atoms with Crippen LogP contribution in [0.25, 0.3) is 11.7 Å². The summed E-state index contributed by atoms with van der Waals surface area (Å²) in [6, 6.07) is 3.69. The van der Waals surface area contributed by atoms with Crippen LogP contribution in [0.3, 0.4) is 0 Å². The lowest BCUT2D eigenvalue weighted by Crippen LogP contribution is -2.35. The van der Waals surface area contributed by atoms with Crippen molar-refractivity contribution in [2.45, 2.75) is 25.9 Å². The highest BCUT2D eigenvalue weighted by Gasteiger charge is 2.35. The van der Waals surface area contributed by atoms with E-state index in [2.05, 4.69) is 10.3 Å². The summed E-state index contributed by atoms with van der Waals surface area (Å²) in [6.07, 6.45) is 5.24. The zero-order chi connectivity index (χ0) is 22.0. The van der Waals surface area contributed by atoms with Crippen molar-refractivity contribution in [1.82, 2.24) is 14.3 Å². The molecule has 1 N–H and O–H groups in total. The second-order valence-corrected chi connectivity index (χ2v) is 9.14. The number of carbonyl (C=O) groups is 1. The van der Waals surface area contributed by atoms with Gasteiger partial charge in [-0.05, 0) is 37.5 Å². The Morgan fingerprint density at radius 1 is 1.42 bits per heavy atom. The van der Waals surface area contributed by atoms with E-state index < -0.39 is 0 Å². The Labute approximate surface area is 189 Å². The van der Waals surface area contributed by atoms with Crippen molar-refractivity contribution in [2.75, 3.05) is 38.7 Å². The smallest absolute Gasteiger partial charge is 0.267 e. The van der Waals surface area contributed by atoms with Crippen LogP contribution in [0.15, 0.2) is 28.0 Å². The Kier molecular flexibility index (Phi) is 6.71. The fourth-order valence-corrected chi connectivity index (χ4v) is 4.83. The molecular formula is C21H24N4O4S2. The number of amides is 1. The number of rotatable bonds is 7. The van der Waals surface area contributed by atoms with E-state index in [0.717, 1.165) is 18.4 Å². The average molecular weight is 461 g/mol. The Bertz CT molecular complexity index is 1110. The molecule has 4 heterocycles. The maximum absolute atomic E-state index is 13.3. The van der Waals surface area contributed by atoms with E-state index in [-0.39, 0.29) is 17.6 Å². The summed E-state index contributed by atoms with van der Waals surface area (Å²) in [5, 5.41) is 3.15. The number of aryl methyl sites for hydroxylation is 1. The van der Waals surface area contributed by atoms with Gasteiger partial charge in [-0.25, -0.2) is 4.98 Å². The maximum atomic E-state index is 13.3. The predicted molar refractivity (Wildman–Crippen MR) is 125 cm³/mol.